The first kappa shape index (κ1) is 13.4. The first-order valence-electron chi connectivity index (χ1n) is 7.05. The molecular formula is C15H19NO4. The van der Waals surface area contributed by atoms with Gasteiger partial charge in [-0.15, -0.1) is 0 Å². The number of aromatic carboxylic acids is 1. The van der Waals surface area contributed by atoms with Crippen LogP contribution in [0.15, 0.2) is 24.3 Å². The number of likely N-dealkylation sites (tertiary alicyclic amines) is 1. The van der Waals surface area contributed by atoms with Gasteiger partial charge in [-0.1, -0.05) is 12.1 Å². The maximum atomic E-state index is 11.1. The summed E-state index contributed by atoms with van der Waals surface area (Å²) in [6.45, 7) is 3.23. The molecule has 2 atom stereocenters. The molecule has 2 aliphatic rings. The number of carboxylic acids is 1. The molecule has 2 bridgehead atoms. The van der Waals surface area contributed by atoms with Gasteiger partial charge in [0, 0.05) is 19.6 Å². The number of hydrogen-bond acceptors (Lipinski definition) is 4. The van der Waals surface area contributed by atoms with Gasteiger partial charge in [-0.3, -0.25) is 4.90 Å². The molecule has 1 N–H and O–H groups in total. The SMILES string of the molecule is O=C(O)c1ccccc1OCCN1CC2CCC(C1)O2. The lowest BCUT2D eigenvalue weighted by Crippen LogP contribution is -2.44. The fourth-order valence-corrected chi connectivity index (χ4v) is 2.94. The highest BCUT2D eigenvalue weighted by Crippen LogP contribution is 2.26. The Morgan fingerprint density at radius 3 is 2.70 bits per heavy atom. The number of morpholine rings is 1. The zero-order valence-corrected chi connectivity index (χ0v) is 11.3. The molecular weight excluding hydrogens is 258 g/mol. The van der Waals surface area contributed by atoms with E-state index in [0.717, 1.165) is 32.5 Å². The molecule has 0 aromatic heterocycles. The van der Waals surface area contributed by atoms with Crippen LogP contribution >= 0.6 is 0 Å². The van der Waals surface area contributed by atoms with E-state index < -0.39 is 5.97 Å². The molecule has 108 valence electrons. The van der Waals surface area contributed by atoms with Gasteiger partial charge in [0.15, 0.2) is 0 Å². The van der Waals surface area contributed by atoms with Gasteiger partial charge >= 0.3 is 5.97 Å². The van der Waals surface area contributed by atoms with Crippen LogP contribution in [-0.2, 0) is 4.74 Å². The summed E-state index contributed by atoms with van der Waals surface area (Å²) in [5.74, 6) is -0.513. The van der Waals surface area contributed by atoms with E-state index in [1.165, 1.54) is 0 Å². The largest absolute Gasteiger partial charge is 0.491 e. The zero-order valence-electron chi connectivity index (χ0n) is 11.3. The summed E-state index contributed by atoms with van der Waals surface area (Å²) in [5.41, 5.74) is 0.217. The summed E-state index contributed by atoms with van der Waals surface area (Å²) in [5, 5.41) is 9.08. The average molecular weight is 277 g/mol. The summed E-state index contributed by atoms with van der Waals surface area (Å²) in [6, 6.07) is 6.76. The van der Waals surface area contributed by atoms with Crippen LogP contribution < -0.4 is 4.74 Å². The molecule has 5 nitrogen and oxygen atoms in total. The Morgan fingerprint density at radius 2 is 2.00 bits per heavy atom. The van der Waals surface area contributed by atoms with Crippen LogP contribution in [0.4, 0.5) is 0 Å². The van der Waals surface area contributed by atoms with Gasteiger partial charge in [0.25, 0.3) is 0 Å². The first-order valence-corrected chi connectivity index (χ1v) is 7.05. The van der Waals surface area contributed by atoms with Crippen molar-refractivity contribution in [1.82, 2.24) is 4.90 Å². The number of carbonyl (C=O) groups is 1. The molecule has 1 aromatic carbocycles. The number of benzene rings is 1. The summed E-state index contributed by atoms with van der Waals surface area (Å²) in [4.78, 5) is 13.4. The highest BCUT2D eigenvalue weighted by Gasteiger charge is 2.33. The molecule has 20 heavy (non-hydrogen) atoms. The van der Waals surface area contributed by atoms with Crippen molar-refractivity contribution in [3.05, 3.63) is 29.8 Å². The molecule has 2 unspecified atom stereocenters. The third-order valence-corrected chi connectivity index (χ3v) is 3.90. The van der Waals surface area contributed by atoms with E-state index in [2.05, 4.69) is 4.90 Å². The van der Waals surface area contributed by atoms with Gasteiger partial charge in [0.1, 0.15) is 17.9 Å². The Bertz CT molecular complexity index is 479. The number of rotatable bonds is 5. The van der Waals surface area contributed by atoms with Crippen LogP contribution in [0.2, 0.25) is 0 Å². The number of para-hydroxylation sites is 1. The second-order valence-corrected chi connectivity index (χ2v) is 5.37. The van der Waals surface area contributed by atoms with E-state index in [4.69, 9.17) is 14.6 Å². The summed E-state index contributed by atoms with van der Waals surface area (Å²) < 4.78 is 11.4. The van der Waals surface area contributed by atoms with Crippen molar-refractivity contribution in [3.63, 3.8) is 0 Å². The fraction of sp³-hybridized carbons (Fsp3) is 0.533. The van der Waals surface area contributed by atoms with Gasteiger partial charge < -0.3 is 14.6 Å². The smallest absolute Gasteiger partial charge is 0.339 e. The molecule has 0 spiro atoms. The molecule has 3 rings (SSSR count). The van der Waals surface area contributed by atoms with E-state index in [9.17, 15) is 4.79 Å². The summed E-state index contributed by atoms with van der Waals surface area (Å²) in [7, 11) is 0. The van der Waals surface area contributed by atoms with Crippen LogP contribution in [0.3, 0.4) is 0 Å². The van der Waals surface area contributed by atoms with Crippen LogP contribution in [0.1, 0.15) is 23.2 Å². The molecule has 0 aliphatic carbocycles. The van der Waals surface area contributed by atoms with Crippen molar-refractivity contribution in [2.45, 2.75) is 25.0 Å². The number of nitrogens with zero attached hydrogens (tertiary/aromatic N) is 1. The normalized spacial score (nSPS) is 25.6. The summed E-state index contributed by atoms with van der Waals surface area (Å²) >= 11 is 0. The predicted octanol–water partition coefficient (Wildman–Crippen LogP) is 1.63. The zero-order chi connectivity index (χ0) is 13.9. The second kappa shape index (κ2) is 5.81. The maximum absolute atomic E-state index is 11.1. The number of hydrogen-bond donors (Lipinski definition) is 1. The Labute approximate surface area is 118 Å². The van der Waals surface area contributed by atoms with Crippen molar-refractivity contribution in [1.29, 1.82) is 0 Å². The molecule has 0 radical (unpaired) electrons. The molecule has 0 saturated carbocycles. The molecule has 2 heterocycles. The van der Waals surface area contributed by atoms with Gasteiger partial charge in [0.2, 0.25) is 0 Å². The molecule has 2 fully saturated rings. The molecule has 2 aliphatic heterocycles. The fourth-order valence-electron chi connectivity index (χ4n) is 2.94. The second-order valence-electron chi connectivity index (χ2n) is 5.37. The first-order chi connectivity index (χ1) is 9.72. The Balaban J connectivity index is 1.52. The third-order valence-electron chi connectivity index (χ3n) is 3.90. The number of ether oxygens (including phenoxy) is 2. The topological polar surface area (TPSA) is 59.0 Å². The maximum Gasteiger partial charge on any atom is 0.339 e. The van der Waals surface area contributed by atoms with Crippen molar-refractivity contribution in [2.75, 3.05) is 26.2 Å². The van der Waals surface area contributed by atoms with Crippen LogP contribution in [0.5, 0.6) is 5.75 Å². The minimum atomic E-state index is -0.954. The lowest BCUT2D eigenvalue weighted by atomic mass is 10.2. The lowest BCUT2D eigenvalue weighted by Gasteiger charge is -2.31. The van der Waals surface area contributed by atoms with Crippen molar-refractivity contribution < 1.29 is 19.4 Å². The highest BCUT2D eigenvalue weighted by atomic mass is 16.5. The van der Waals surface area contributed by atoms with Crippen molar-refractivity contribution >= 4 is 5.97 Å². The number of fused-ring (bicyclic) bond motifs is 2. The summed E-state index contributed by atoms with van der Waals surface area (Å²) in [6.07, 6.45) is 3.06. The van der Waals surface area contributed by atoms with E-state index in [0.29, 0.717) is 24.6 Å². The van der Waals surface area contributed by atoms with Crippen LogP contribution in [-0.4, -0.2) is 54.4 Å². The average Bonchev–Trinajstić information content (AvgIpc) is 2.78. The number of carboxylic acid groups (broad SMARTS) is 1. The van der Waals surface area contributed by atoms with Crippen LogP contribution in [0, 0.1) is 0 Å². The third kappa shape index (κ3) is 2.94. The lowest BCUT2D eigenvalue weighted by molar-refractivity contribution is -0.0409. The van der Waals surface area contributed by atoms with Gasteiger partial charge in [-0.25, -0.2) is 4.79 Å². The van der Waals surface area contributed by atoms with Gasteiger partial charge in [-0.05, 0) is 25.0 Å². The minimum absolute atomic E-state index is 0.217. The Kier molecular flexibility index (Phi) is 3.89. The standard InChI is InChI=1S/C15H19NO4/c17-15(18)13-3-1-2-4-14(13)19-8-7-16-9-11-5-6-12(10-16)20-11/h1-4,11-12H,5-10H2,(H,17,18). The quantitative estimate of drug-likeness (QED) is 0.886. The monoisotopic (exact) mass is 277 g/mol. The highest BCUT2D eigenvalue weighted by molar-refractivity contribution is 5.90. The van der Waals surface area contributed by atoms with Crippen LogP contribution in [0.25, 0.3) is 0 Å². The molecule has 0 amide bonds. The van der Waals surface area contributed by atoms with Crippen molar-refractivity contribution in [2.24, 2.45) is 0 Å². The van der Waals surface area contributed by atoms with E-state index in [1.54, 1.807) is 24.3 Å². The molecule has 1 aromatic rings. The molecule has 2 saturated heterocycles. The Morgan fingerprint density at radius 1 is 1.30 bits per heavy atom. The van der Waals surface area contributed by atoms with Gasteiger partial charge in [-0.2, -0.15) is 0 Å². The van der Waals surface area contributed by atoms with E-state index in [-0.39, 0.29) is 5.56 Å². The Hall–Kier alpha value is -1.59. The predicted molar refractivity (Wildman–Crippen MR) is 73.2 cm³/mol. The van der Waals surface area contributed by atoms with Crippen molar-refractivity contribution in [3.8, 4) is 5.75 Å². The van der Waals surface area contributed by atoms with E-state index in [1.807, 2.05) is 0 Å². The molecule has 5 heteroatoms. The van der Waals surface area contributed by atoms with E-state index >= 15 is 0 Å². The minimum Gasteiger partial charge on any atom is -0.491 e. The van der Waals surface area contributed by atoms with Gasteiger partial charge in [0.05, 0.1) is 12.2 Å².